The fraction of sp³-hybridized carbons (Fsp3) is 0.571. The van der Waals surface area contributed by atoms with Crippen LogP contribution in [0, 0.1) is 0 Å². The zero-order valence-electron chi connectivity index (χ0n) is 25.1. The summed E-state index contributed by atoms with van der Waals surface area (Å²) in [5.74, 6) is -0.170. The molecule has 6 heteroatoms. The van der Waals surface area contributed by atoms with E-state index in [9.17, 15) is 4.79 Å². The number of hydrogen-bond donors (Lipinski definition) is 2. The van der Waals surface area contributed by atoms with Crippen LogP contribution in [0.1, 0.15) is 57.8 Å². The van der Waals surface area contributed by atoms with Gasteiger partial charge in [0.15, 0.2) is 0 Å². The number of carbonyl (C=O) groups excluding carboxylic acids is 1. The van der Waals surface area contributed by atoms with Gasteiger partial charge < -0.3 is 24.5 Å². The molecule has 2 rings (SSSR count). The predicted molar refractivity (Wildman–Crippen MR) is 107 cm³/mol. The van der Waals surface area contributed by atoms with Gasteiger partial charge >= 0.3 is 6.16 Å². The van der Waals surface area contributed by atoms with Gasteiger partial charge in [0.1, 0.15) is 5.75 Å². The molecule has 0 bridgehead atoms. The number of aromatic nitrogens is 1. The summed E-state index contributed by atoms with van der Waals surface area (Å²) >= 11 is 0. The number of aromatic amines is 1. The van der Waals surface area contributed by atoms with E-state index in [0.29, 0.717) is 6.42 Å². The molecule has 150 valence electrons. The molecule has 0 saturated carbocycles. The van der Waals surface area contributed by atoms with Crippen LogP contribution in [0.2, 0.25) is 0 Å². The van der Waals surface area contributed by atoms with Crippen LogP contribution in [-0.4, -0.2) is 54.8 Å². The third-order valence-electron chi connectivity index (χ3n) is 3.94. The van der Waals surface area contributed by atoms with Crippen molar-refractivity contribution in [1.29, 1.82) is 0 Å². The molecule has 0 unspecified atom stereocenters. The first-order chi connectivity index (χ1) is 17.0. The van der Waals surface area contributed by atoms with E-state index in [1.165, 1.54) is 18.2 Å². The molecule has 0 fully saturated rings. The van der Waals surface area contributed by atoms with Crippen LogP contribution in [0.4, 0.5) is 4.79 Å². The molecule has 0 aliphatic carbocycles. The van der Waals surface area contributed by atoms with E-state index >= 15 is 0 Å². The van der Waals surface area contributed by atoms with E-state index in [-0.39, 0.29) is 29.9 Å². The first-order valence-electron chi connectivity index (χ1n) is 13.9. The Balaban J connectivity index is 2.25. The topological polar surface area (TPSA) is 74.8 Å². The fourth-order valence-corrected chi connectivity index (χ4v) is 2.65. The first kappa shape index (κ1) is 11.1. The molecule has 0 spiro atoms. The van der Waals surface area contributed by atoms with Crippen molar-refractivity contribution in [3.05, 3.63) is 30.0 Å². The number of aryl methyl sites for hydroxylation is 1. The largest absolute Gasteiger partial charge is 0.513 e. The number of ether oxygens (including phenoxy) is 2. The maximum Gasteiger partial charge on any atom is 0.513 e. The van der Waals surface area contributed by atoms with E-state index < -0.39 is 43.4 Å². The maximum absolute atomic E-state index is 12.3. The Kier molecular flexibility index (Phi) is 4.77. The quantitative estimate of drug-likeness (QED) is 0.326. The summed E-state index contributed by atoms with van der Waals surface area (Å²) in [6.45, 7) is -10.3. The summed E-state index contributed by atoms with van der Waals surface area (Å²) in [7, 11) is 0. The second-order valence-corrected chi connectivity index (χ2v) is 6.00. The molecule has 0 radical (unpaired) electrons. The molecule has 1 aromatic heterocycles. The number of nitrogens with zero attached hydrogens (tertiary/aromatic N) is 1. The van der Waals surface area contributed by atoms with Crippen LogP contribution in [0.15, 0.2) is 24.4 Å². The molecule has 0 amide bonds. The molecule has 6 nitrogen and oxygen atoms in total. The molecule has 2 N–H and O–H groups in total. The van der Waals surface area contributed by atoms with Gasteiger partial charge in [-0.2, -0.15) is 0 Å². The Morgan fingerprint density at radius 3 is 2.78 bits per heavy atom. The van der Waals surface area contributed by atoms with Crippen LogP contribution in [-0.2, 0) is 11.1 Å². The number of carbonyl (C=O) groups is 1. The summed E-state index contributed by atoms with van der Waals surface area (Å²) in [6, 6.07) is 4.34. The fourth-order valence-electron chi connectivity index (χ4n) is 2.65. The number of aliphatic hydroxyl groups is 1. The summed E-state index contributed by atoms with van der Waals surface area (Å²) in [5.41, 5.74) is -0.186. The summed E-state index contributed by atoms with van der Waals surface area (Å²) < 4.78 is 89.1. The van der Waals surface area contributed by atoms with Gasteiger partial charge in [0, 0.05) is 43.9 Å². The minimum Gasteiger partial charge on any atom is -0.434 e. The van der Waals surface area contributed by atoms with Gasteiger partial charge in [0.25, 0.3) is 0 Å². The zero-order valence-corrected chi connectivity index (χ0v) is 15.1. The monoisotopic (exact) mass is 386 g/mol. The first-order valence-corrected chi connectivity index (χ1v) is 8.91. The molecule has 1 aromatic carbocycles. The van der Waals surface area contributed by atoms with Gasteiger partial charge in [0.2, 0.25) is 0 Å². The van der Waals surface area contributed by atoms with E-state index in [0.717, 1.165) is 38.3 Å². The van der Waals surface area contributed by atoms with Crippen molar-refractivity contribution < 1.29 is 33.1 Å². The Labute approximate surface area is 175 Å². The number of aliphatic hydroxyl groups excluding tert-OH is 1. The van der Waals surface area contributed by atoms with Crippen molar-refractivity contribution >= 4 is 17.1 Å². The lowest BCUT2D eigenvalue weighted by Gasteiger charge is -2.10. The van der Waals surface area contributed by atoms with E-state index in [1.807, 2.05) is 0 Å². The number of hydrogen-bond acceptors (Lipinski definition) is 5. The number of H-pyrrole nitrogens is 1. The Hall–Kier alpha value is -2.05. The third-order valence-corrected chi connectivity index (χ3v) is 3.94. The Morgan fingerprint density at radius 1 is 1.22 bits per heavy atom. The SMILES string of the molecule is [2H]C([2H])([2H])N(C([2H])([2H])[2H])C([2H])([2H])C([2H])([2H])c1c[nH]c2cccc(OC(=O)OCCCCCCCCO)c12. The van der Waals surface area contributed by atoms with Gasteiger partial charge in [-0.3, -0.25) is 0 Å². The predicted octanol–water partition coefficient (Wildman–Crippen LogP) is 4.12. The van der Waals surface area contributed by atoms with Crippen molar-refractivity contribution in [1.82, 2.24) is 9.88 Å². The van der Waals surface area contributed by atoms with E-state index in [2.05, 4.69) is 4.98 Å². The summed E-state index contributed by atoms with van der Waals surface area (Å²) in [5, 5.41) is 8.71. The molecule has 0 atom stereocenters. The number of nitrogens with one attached hydrogen (secondary N) is 1. The number of unbranched alkanes of at least 4 members (excludes halogenated alkanes) is 5. The minimum atomic E-state index is -3.54. The molecule has 0 saturated heterocycles. The minimum absolute atomic E-state index is 0.0618. The molecular formula is C21H32N2O4. The van der Waals surface area contributed by atoms with Crippen molar-refractivity contribution in [3.8, 4) is 5.75 Å². The standard InChI is InChI=1S/C21H32N2O4/c1-23(2)13-12-17-16-22-18-10-9-11-19(20(17)18)27-21(25)26-15-8-6-4-3-5-7-14-24/h9-11,16,22,24H,3-8,12-15H2,1-2H3/i1D3,2D3,12D2,13D2. The van der Waals surface area contributed by atoms with Crippen LogP contribution in [0.3, 0.4) is 0 Å². The molecule has 2 aromatic rings. The molecule has 0 aliphatic rings. The highest BCUT2D eigenvalue weighted by Crippen LogP contribution is 2.29. The van der Waals surface area contributed by atoms with E-state index in [1.54, 1.807) is 0 Å². The lowest BCUT2D eigenvalue weighted by molar-refractivity contribution is 0.0977. The maximum atomic E-state index is 12.3. The highest BCUT2D eigenvalue weighted by atomic mass is 16.7. The van der Waals surface area contributed by atoms with Gasteiger partial charge in [0.05, 0.1) is 6.61 Å². The average molecular weight is 387 g/mol. The third kappa shape index (κ3) is 7.23. The molecule has 0 aliphatic heterocycles. The van der Waals surface area contributed by atoms with Crippen molar-refractivity contribution in [2.45, 2.75) is 44.9 Å². The molecular weight excluding hydrogens is 344 g/mol. The highest BCUT2D eigenvalue weighted by Gasteiger charge is 2.14. The van der Waals surface area contributed by atoms with Crippen molar-refractivity contribution in [2.75, 3.05) is 33.7 Å². The van der Waals surface area contributed by atoms with Crippen LogP contribution >= 0.6 is 0 Å². The second kappa shape index (κ2) is 11.6. The number of benzene rings is 1. The average Bonchev–Trinajstić information content (AvgIpc) is 3.19. The smallest absolute Gasteiger partial charge is 0.434 e. The van der Waals surface area contributed by atoms with Crippen LogP contribution in [0.5, 0.6) is 5.75 Å². The lowest BCUT2D eigenvalue weighted by Crippen LogP contribution is -2.15. The zero-order chi connectivity index (χ0) is 28.1. The number of fused-ring (bicyclic) bond motifs is 1. The van der Waals surface area contributed by atoms with Gasteiger partial charge in [-0.1, -0.05) is 31.7 Å². The Bertz CT molecular complexity index is 1020. The van der Waals surface area contributed by atoms with Crippen LogP contribution < -0.4 is 4.74 Å². The van der Waals surface area contributed by atoms with Crippen molar-refractivity contribution in [2.24, 2.45) is 0 Å². The summed E-state index contributed by atoms with van der Waals surface area (Å²) in [6.07, 6.45) is 1.79. The molecule has 1 heterocycles. The number of likely N-dealkylation sites (N-methyl/N-ethyl adjacent to an activating group) is 1. The number of rotatable bonds is 12. The van der Waals surface area contributed by atoms with Crippen molar-refractivity contribution in [3.63, 3.8) is 0 Å². The second-order valence-electron chi connectivity index (χ2n) is 6.00. The highest BCUT2D eigenvalue weighted by molar-refractivity contribution is 5.90. The van der Waals surface area contributed by atoms with Gasteiger partial charge in [-0.15, -0.1) is 0 Å². The van der Waals surface area contributed by atoms with E-state index in [4.69, 9.17) is 28.3 Å². The van der Waals surface area contributed by atoms with Crippen LogP contribution in [0.25, 0.3) is 10.9 Å². The summed E-state index contributed by atoms with van der Waals surface area (Å²) in [4.78, 5) is 14.5. The normalized spacial score (nSPS) is 18.7. The lowest BCUT2D eigenvalue weighted by atomic mass is 10.1. The van der Waals surface area contributed by atoms with Gasteiger partial charge in [-0.25, -0.2) is 4.79 Å². The van der Waals surface area contributed by atoms with Gasteiger partial charge in [-0.05, 0) is 50.9 Å². The molecule has 27 heavy (non-hydrogen) atoms. The Morgan fingerprint density at radius 2 is 2.00 bits per heavy atom.